The molecule has 1 saturated heterocycles. The van der Waals surface area contributed by atoms with Crippen LogP contribution in [0.15, 0.2) is 48.8 Å². The van der Waals surface area contributed by atoms with Crippen molar-refractivity contribution in [2.75, 3.05) is 33.4 Å². The van der Waals surface area contributed by atoms with Gasteiger partial charge in [0.05, 0.1) is 24.2 Å². The lowest BCUT2D eigenvalue weighted by Crippen LogP contribution is -2.44. The molecule has 1 saturated carbocycles. The monoisotopic (exact) mass is 419 g/mol. The zero-order valence-corrected chi connectivity index (χ0v) is 18.2. The van der Waals surface area contributed by atoms with Crippen molar-refractivity contribution in [2.45, 2.75) is 43.4 Å². The third-order valence-corrected chi connectivity index (χ3v) is 7.02. The van der Waals surface area contributed by atoms with Crippen molar-refractivity contribution in [2.24, 2.45) is 0 Å². The van der Waals surface area contributed by atoms with Gasteiger partial charge in [-0.25, -0.2) is 4.39 Å². The molecule has 5 heteroatoms. The maximum Gasteiger partial charge on any atom is 0.123 e. The van der Waals surface area contributed by atoms with Crippen LogP contribution >= 0.6 is 0 Å². The van der Waals surface area contributed by atoms with Crippen molar-refractivity contribution in [1.29, 1.82) is 0 Å². The second-order valence-corrected chi connectivity index (χ2v) is 9.27. The standard InChI is InChI=1S/C26H30FN3O/c1-30-13-9-26(10-14-30,22-4-6-23(27)7-5-22)18-31-15-8-20-16-21(19-2-3-19)17-24-25(20)29-12-11-28-24/h4-7,11-12,16-17,19H,2-3,8-10,13-15,18H2,1H3. The van der Waals surface area contributed by atoms with Crippen LogP contribution in [0.1, 0.15) is 48.3 Å². The van der Waals surface area contributed by atoms with E-state index >= 15 is 0 Å². The maximum atomic E-state index is 13.5. The van der Waals surface area contributed by atoms with E-state index in [9.17, 15) is 4.39 Å². The normalized spacial score (nSPS) is 19.0. The van der Waals surface area contributed by atoms with Gasteiger partial charge in [0.25, 0.3) is 0 Å². The topological polar surface area (TPSA) is 38.2 Å². The largest absolute Gasteiger partial charge is 0.380 e. The summed E-state index contributed by atoms with van der Waals surface area (Å²) in [5, 5.41) is 0. The van der Waals surface area contributed by atoms with Crippen molar-refractivity contribution < 1.29 is 9.13 Å². The number of nitrogens with zero attached hydrogens (tertiary/aromatic N) is 3. The molecular weight excluding hydrogens is 389 g/mol. The number of rotatable bonds is 7. The Kier molecular flexibility index (Phi) is 5.72. The first-order valence-electron chi connectivity index (χ1n) is 11.4. The average Bonchev–Trinajstić information content (AvgIpc) is 3.64. The number of benzene rings is 2. The molecule has 0 unspecified atom stereocenters. The highest BCUT2D eigenvalue weighted by atomic mass is 19.1. The van der Waals surface area contributed by atoms with Gasteiger partial charge in [-0.1, -0.05) is 18.2 Å². The smallest absolute Gasteiger partial charge is 0.123 e. The molecule has 0 amide bonds. The van der Waals surface area contributed by atoms with Crippen molar-refractivity contribution in [1.82, 2.24) is 14.9 Å². The minimum atomic E-state index is -0.184. The molecule has 2 aromatic carbocycles. The van der Waals surface area contributed by atoms with E-state index in [2.05, 4.69) is 34.0 Å². The van der Waals surface area contributed by atoms with Crippen LogP contribution in [0.3, 0.4) is 0 Å². The molecule has 0 atom stereocenters. The van der Waals surface area contributed by atoms with E-state index in [1.54, 1.807) is 24.5 Å². The maximum absolute atomic E-state index is 13.5. The highest BCUT2D eigenvalue weighted by Gasteiger charge is 2.35. The first kappa shape index (κ1) is 20.5. The number of halogens is 1. The van der Waals surface area contributed by atoms with Crippen molar-refractivity contribution >= 4 is 11.0 Å². The molecule has 4 nitrogen and oxygen atoms in total. The van der Waals surface area contributed by atoms with Gasteiger partial charge in [-0.3, -0.25) is 9.97 Å². The first-order chi connectivity index (χ1) is 15.1. The van der Waals surface area contributed by atoms with E-state index in [1.807, 2.05) is 12.1 Å². The molecule has 1 aromatic heterocycles. The van der Waals surface area contributed by atoms with Crippen LogP contribution in [-0.4, -0.2) is 48.2 Å². The van der Waals surface area contributed by atoms with Crippen molar-refractivity contribution in [3.8, 4) is 0 Å². The van der Waals surface area contributed by atoms with Gasteiger partial charge in [-0.05, 0) is 93.0 Å². The molecule has 31 heavy (non-hydrogen) atoms. The number of ether oxygens (including phenoxy) is 1. The highest BCUT2D eigenvalue weighted by Crippen LogP contribution is 2.41. The molecule has 5 rings (SSSR count). The molecule has 0 bridgehead atoms. The van der Waals surface area contributed by atoms with Crippen LogP contribution in [0.25, 0.3) is 11.0 Å². The molecule has 0 radical (unpaired) electrons. The van der Waals surface area contributed by atoms with Crippen LogP contribution in [-0.2, 0) is 16.6 Å². The molecule has 2 heterocycles. The quantitative estimate of drug-likeness (QED) is 0.512. The fraction of sp³-hybridized carbons (Fsp3) is 0.462. The molecule has 0 N–H and O–H groups in total. The van der Waals surface area contributed by atoms with Gasteiger partial charge in [-0.2, -0.15) is 0 Å². The zero-order chi connectivity index (χ0) is 21.3. The van der Waals surface area contributed by atoms with Crippen LogP contribution in [0.2, 0.25) is 0 Å². The summed E-state index contributed by atoms with van der Waals surface area (Å²) in [5.41, 5.74) is 5.74. The molecule has 1 aliphatic heterocycles. The van der Waals surface area contributed by atoms with E-state index in [0.29, 0.717) is 19.1 Å². The average molecular weight is 420 g/mol. The summed E-state index contributed by atoms with van der Waals surface area (Å²) in [6.07, 6.45) is 8.97. The van der Waals surface area contributed by atoms with E-state index in [1.165, 1.54) is 29.5 Å². The number of piperidine rings is 1. The number of hydrogen-bond donors (Lipinski definition) is 0. The molecule has 2 aliphatic rings. The summed E-state index contributed by atoms with van der Waals surface area (Å²) >= 11 is 0. The van der Waals surface area contributed by atoms with E-state index < -0.39 is 0 Å². The number of hydrogen-bond acceptors (Lipinski definition) is 4. The fourth-order valence-electron chi connectivity index (χ4n) is 4.83. The fourth-order valence-corrected chi connectivity index (χ4v) is 4.83. The Morgan fingerprint density at radius 1 is 1.06 bits per heavy atom. The molecule has 2 fully saturated rings. The summed E-state index contributed by atoms with van der Waals surface area (Å²) in [6, 6.07) is 11.5. The lowest BCUT2D eigenvalue weighted by Gasteiger charge is -2.41. The molecule has 0 spiro atoms. The van der Waals surface area contributed by atoms with Gasteiger partial charge < -0.3 is 9.64 Å². The first-order valence-corrected chi connectivity index (χ1v) is 11.4. The van der Waals surface area contributed by atoms with Gasteiger partial charge in [0.15, 0.2) is 0 Å². The number of aromatic nitrogens is 2. The van der Waals surface area contributed by atoms with Gasteiger partial charge >= 0.3 is 0 Å². The summed E-state index contributed by atoms with van der Waals surface area (Å²) < 4.78 is 19.8. The van der Waals surface area contributed by atoms with Crippen LogP contribution in [0.4, 0.5) is 4.39 Å². The Morgan fingerprint density at radius 2 is 1.81 bits per heavy atom. The Balaban J connectivity index is 1.30. The third-order valence-electron chi connectivity index (χ3n) is 7.02. The van der Waals surface area contributed by atoms with Crippen molar-refractivity contribution in [3.63, 3.8) is 0 Å². The Bertz CT molecular complexity index is 1040. The predicted octanol–water partition coefficient (Wildman–Crippen LogP) is 4.87. The van der Waals surface area contributed by atoms with E-state index in [4.69, 9.17) is 4.74 Å². The number of likely N-dealkylation sites (tertiary alicyclic amines) is 1. The summed E-state index contributed by atoms with van der Waals surface area (Å²) in [7, 11) is 2.16. The third kappa shape index (κ3) is 4.48. The minimum absolute atomic E-state index is 0.0437. The molecule has 1 aliphatic carbocycles. The zero-order valence-electron chi connectivity index (χ0n) is 18.2. The van der Waals surface area contributed by atoms with Crippen LogP contribution in [0, 0.1) is 5.82 Å². The van der Waals surface area contributed by atoms with E-state index in [0.717, 1.165) is 43.4 Å². The second-order valence-electron chi connectivity index (χ2n) is 9.27. The van der Waals surface area contributed by atoms with Gasteiger partial charge in [0, 0.05) is 17.8 Å². The van der Waals surface area contributed by atoms with Crippen molar-refractivity contribution in [3.05, 3.63) is 71.3 Å². The second kappa shape index (κ2) is 8.64. The summed E-state index contributed by atoms with van der Waals surface area (Å²) in [5.74, 6) is 0.503. The number of fused-ring (bicyclic) bond motifs is 1. The van der Waals surface area contributed by atoms with Gasteiger partial charge in [0.1, 0.15) is 5.82 Å². The lowest BCUT2D eigenvalue weighted by atomic mass is 9.73. The summed E-state index contributed by atoms with van der Waals surface area (Å²) in [6.45, 7) is 3.38. The summed E-state index contributed by atoms with van der Waals surface area (Å²) in [4.78, 5) is 11.5. The van der Waals surface area contributed by atoms with Gasteiger partial charge in [-0.15, -0.1) is 0 Å². The Labute approximate surface area is 183 Å². The Morgan fingerprint density at radius 3 is 2.55 bits per heavy atom. The Hall–Kier alpha value is -2.37. The molecular formula is C26H30FN3O. The van der Waals surface area contributed by atoms with Crippen LogP contribution in [0.5, 0.6) is 0 Å². The van der Waals surface area contributed by atoms with E-state index in [-0.39, 0.29) is 11.2 Å². The van der Waals surface area contributed by atoms with Gasteiger partial charge in [0.2, 0.25) is 0 Å². The molecule has 3 aromatic rings. The predicted molar refractivity (Wildman–Crippen MR) is 121 cm³/mol. The highest BCUT2D eigenvalue weighted by molar-refractivity contribution is 5.79. The lowest BCUT2D eigenvalue weighted by molar-refractivity contribution is 0.0513. The van der Waals surface area contributed by atoms with Crippen LogP contribution < -0.4 is 0 Å². The molecule has 162 valence electrons. The SMILES string of the molecule is CN1CCC(COCCc2cc(C3CC3)cc3nccnc23)(c2ccc(F)cc2)CC1. The minimum Gasteiger partial charge on any atom is -0.380 e.